The maximum atomic E-state index is 12.4. The predicted molar refractivity (Wildman–Crippen MR) is 74.3 cm³/mol. The Bertz CT molecular complexity index is 499. The summed E-state index contributed by atoms with van der Waals surface area (Å²) in [5.41, 5.74) is 1.13. The van der Waals surface area contributed by atoms with Crippen molar-refractivity contribution in [1.82, 2.24) is 5.06 Å². The van der Waals surface area contributed by atoms with Crippen LogP contribution in [0.4, 0.5) is 0 Å². The zero-order valence-electron chi connectivity index (χ0n) is 11.3. The lowest BCUT2D eigenvalue weighted by Crippen LogP contribution is -2.43. The van der Waals surface area contributed by atoms with Gasteiger partial charge in [-0.15, -0.1) is 0 Å². The Hall–Kier alpha value is -1.30. The third-order valence-electron chi connectivity index (χ3n) is 4.68. The number of hydrogen-bond donors (Lipinski definition) is 3. The van der Waals surface area contributed by atoms with Gasteiger partial charge in [0.15, 0.2) is 11.5 Å². The highest BCUT2D eigenvalue weighted by atomic mass is 16.5. The van der Waals surface area contributed by atoms with Gasteiger partial charge in [-0.1, -0.05) is 18.9 Å². The summed E-state index contributed by atoms with van der Waals surface area (Å²) in [7, 11) is 0. The van der Waals surface area contributed by atoms with E-state index in [0.29, 0.717) is 24.0 Å². The molecule has 3 N–H and O–H groups in total. The standard InChI is InChI=1S/C15H20NO4/c17-13-8-6-10-11(15(13)19)5-7-12(14(10)18)16(20)9-3-1-2-4-9/h6,8-9,12,14,17-19H,1-5,7H2/q-1/t12-,14+/m0/s1. The van der Waals surface area contributed by atoms with E-state index in [1.54, 1.807) is 6.07 Å². The van der Waals surface area contributed by atoms with Crippen molar-refractivity contribution in [1.29, 1.82) is 0 Å². The van der Waals surface area contributed by atoms with Crippen molar-refractivity contribution in [3.63, 3.8) is 0 Å². The molecule has 2 aliphatic carbocycles. The quantitative estimate of drug-likeness (QED) is 0.570. The molecule has 2 aliphatic rings. The minimum absolute atomic E-state index is 0.0157. The molecule has 0 aliphatic heterocycles. The van der Waals surface area contributed by atoms with Crippen molar-refractivity contribution in [2.75, 3.05) is 0 Å². The number of benzene rings is 1. The normalized spacial score (nSPS) is 26.9. The molecule has 1 aromatic carbocycles. The van der Waals surface area contributed by atoms with Gasteiger partial charge in [-0.3, -0.25) is 0 Å². The van der Waals surface area contributed by atoms with Crippen molar-refractivity contribution < 1.29 is 15.3 Å². The number of phenolic OH excluding ortho intramolecular Hbond substituents is 2. The van der Waals surface area contributed by atoms with E-state index in [1.807, 2.05) is 0 Å². The lowest BCUT2D eigenvalue weighted by Gasteiger charge is -2.46. The predicted octanol–water partition coefficient (Wildman–Crippen LogP) is 2.19. The highest BCUT2D eigenvalue weighted by molar-refractivity contribution is 5.51. The summed E-state index contributed by atoms with van der Waals surface area (Å²) in [6.07, 6.45) is 4.08. The summed E-state index contributed by atoms with van der Waals surface area (Å²) >= 11 is 0. The molecule has 0 unspecified atom stereocenters. The molecule has 0 saturated heterocycles. The fourth-order valence-corrected chi connectivity index (χ4v) is 3.53. The second kappa shape index (κ2) is 5.24. The van der Waals surface area contributed by atoms with Gasteiger partial charge in [-0.05, 0) is 43.4 Å². The number of rotatable bonds is 2. The number of aliphatic hydroxyl groups excluding tert-OH is 1. The van der Waals surface area contributed by atoms with Crippen LogP contribution in [-0.2, 0) is 6.42 Å². The van der Waals surface area contributed by atoms with Crippen LogP contribution in [0.15, 0.2) is 12.1 Å². The monoisotopic (exact) mass is 278 g/mol. The maximum Gasteiger partial charge on any atom is 0.161 e. The number of aliphatic hydroxyl groups is 1. The molecule has 5 heteroatoms. The molecule has 3 rings (SSSR count). The van der Waals surface area contributed by atoms with Crippen molar-refractivity contribution in [3.8, 4) is 11.5 Å². The van der Waals surface area contributed by atoms with Gasteiger partial charge in [0.25, 0.3) is 0 Å². The SMILES string of the molecule is [O-]N(C1CCCC1)[C@H]1CCc2c(ccc(O)c2O)[C@H]1O. The Morgan fingerprint density at radius 1 is 1.10 bits per heavy atom. The average molecular weight is 278 g/mol. The number of hydroxylamine groups is 2. The van der Waals surface area contributed by atoms with Crippen molar-refractivity contribution >= 4 is 0 Å². The third kappa shape index (κ3) is 2.16. The van der Waals surface area contributed by atoms with Crippen LogP contribution in [0.3, 0.4) is 0 Å². The van der Waals surface area contributed by atoms with Gasteiger partial charge in [0.2, 0.25) is 0 Å². The van der Waals surface area contributed by atoms with Crippen LogP contribution in [0.2, 0.25) is 0 Å². The number of aromatic hydroxyl groups is 2. The zero-order valence-corrected chi connectivity index (χ0v) is 11.3. The molecule has 2 atom stereocenters. The number of phenols is 2. The second-order valence-corrected chi connectivity index (χ2v) is 5.85. The topological polar surface area (TPSA) is 87.0 Å². The maximum absolute atomic E-state index is 12.4. The molecule has 1 saturated carbocycles. The third-order valence-corrected chi connectivity index (χ3v) is 4.68. The van der Waals surface area contributed by atoms with Gasteiger partial charge in [0.1, 0.15) is 0 Å². The van der Waals surface area contributed by atoms with Crippen LogP contribution in [0.1, 0.15) is 49.3 Å². The fourth-order valence-electron chi connectivity index (χ4n) is 3.53. The average Bonchev–Trinajstić information content (AvgIpc) is 2.97. The minimum atomic E-state index is -0.900. The molecule has 0 aromatic heterocycles. The van der Waals surface area contributed by atoms with E-state index < -0.39 is 12.1 Å². The molecule has 110 valence electrons. The highest BCUT2D eigenvalue weighted by Crippen LogP contribution is 2.42. The number of hydrogen-bond acceptors (Lipinski definition) is 5. The Labute approximate surface area is 118 Å². The molecule has 5 nitrogen and oxygen atoms in total. The van der Waals surface area contributed by atoms with Gasteiger partial charge in [-0.25, -0.2) is 0 Å². The molecular weight excluding hydrogens is 258 g/mol. The van der Waals surface area contributed by atoms with E-state index in [4.69, 9.17) is 0 Å². The first-order valence-corrected chi connectivity index (χ1v) is 7.27. The van der Waals surface area contributed by atoms with Gasteiger partial charge in [0.05, 0.1) is 6.10 Å². The molecule has 1 fully saturated rings. The molecule has 20 heavy (non-hydrogen) atoms. The molecular formula is C15H20NO4-. The van der Waals surface area contributed by atoms with Crippen LogP contribution < -0.4 is 0 Å². The fraction of sp³-hybridized carbons (Fsp3) is 0.600. The number of fused-ring (bicyclic) bond motifs is 1. The summed E-state index contributed by atoms with van der Waals surface area (Å²) in [6.45, 7) is 0. The molecule has 0 bridgehead atoms. The Balaban J connectivity index is 1.85. The summed E-state index contributed by atoms with van der Waals surface area (Å²) in [4.78, 5) is 0. The van der Waals surface area contributed by atoms with Crippen molar-refractivity contribution in [2.24, 2.45) is 0 Å². The van der Waals surface area contributed by atoms with Crippen LogP contribution >= 0.6 is 0 Å². The zero-order chi connectivity index (χ0) is 14.3. The van der Waals surface area contributed by atoms with Crippen molar-refractivity contribution in [2.45, 2.75) is 56.7 Å². The smallest absolute Gasteiger partial charge is 0.161 e. The lowest BCUT2D eigenvalue weighted by atomic mass is 9.84. The van der Waals surface area contributed by atoms with Crippen molar-refractivity contribution in [3.05, 3.63) is 28.5 Å². The van der Waals surface area contributed by atoms with Crippen LogP contribution in [-0.4, -0.2) is 32.5 Å². The Kier molecular flexibility index (Phi) is 3.58. The first kappa shape index (κ1) is 13.7. The van der Waals surface area contributed by atoms with E-state index in [1.165, 1.54) is 6.07 Å². The van der Waals surface area contributed by atoms with E-state index in [9.17, 15) is 20.5 Å². The molecule has 0 amide bonds. The van der Waals surface area contributed by atoms with Gasteiger partial charge >= 0.3 is 0 Å². The number of nitrogens with zero attached hydrogens (tertiary/aromatic N) is 1. The van der Waals surface area contributed by atoms with Gasteiger partial charge < -0.3 is 25.6 Å². The highest BCUT2D eigenvalue weighted by Gasteiger charge is 2.33. The summed E-state index contributed by atoms with van der Waals surface area (Å²) in [5, 5.41) is 43.3. The molecule has 0 heterocycles. The summed E-state index contributed by atoms with van der Waals surface area (Å²) in [5.74, 6) is -0.345. The van der Waals surface area contributed by atoms with Crippen LogP contribution in [0, 0.1) is 5.21 Å². The van der Waals surface area contributed by atoms with Gasteiger partial charge in [0, 0.05) is 11.6 Å². The lowest BCUT2D eigenvalue weighted by molar-refractivity contribution is 0.0412. The summed E-state index contributed by atoms with van der Waals surface area (Å²) in [6, 6.07) is 2.53. The minimum Gasteiger partial charge on any atom is -0.785 e. The summed E-state index contributed by atoms with van der Waals surface area (Å²) < 4.78 is 0. The second-order valence-electron chi connectivity index (χ2n) is 5.85. The van der Waals surface area contributed by atoms with E-state index in [2.05, 4.69) is 0 Å². The first-order chi connectivity index (χ1) is 9.59. The molecule has 1 aromatic rings. The first-order valence-electron chi connectivity index (χ1n) is 7.27. The van der Waals surface area contributed by atoms with Gasteiger partial charge in [-0.2, -0.15) is 0 Å². The Morgan fingerprint density at radius 3 is 2.50 bits per heavy atom. The van der Waals surface area contributed by atoms with E-state index >= 15 is 0 Å². The largest absolute Gasteiger partial charge is 0.785 e. The van der Waals surface area contributed by atoms with E-state index in [-0.39, 0.29) is 17.5 Å². The van der Waals surface area contributed by atoms with Crippen LogP contribution in [0.5, 0.6) is 11.5 Å². The molecule has 0 radical (unpaired) electrons. The van der Waals surface area contributed by atoms with Crippen LogP contribution in [0.25, 0.3) is 0 Å². The molecule has 0 spiro atoms. The van der Waals surface area contributed by atoms with E-state index in [0.717, 1.165) is 30.7 Å². The Morgan fingerprint density at radius 2 is 1.80 bits per heavy atom.